The molecular formula is C13H17NO3. The van der Waals surface area contributed by atoms with E-state index in [1.807, 2.05) is 0 Å². The fourth-order valence-electron chi connectivity index (χ4n) is 2.06. The average molecular weight is 235 g/mol. The molecule has 1 aliphatic rings. The van der Waals surface area contributed by atoms with Crippen LogP contribution in [0.4, 0.5) is 0 Å². The Kier molecular flexibility index (Phi) is 3.98. The molecule has 0 unspecified atom stereocenters. The number of hydroxylamine groups is 1. The van der Waals surface area contributed by atoms with Crippen molar-refractivity contribution >= 4 is 5.97 Å². The molecule has 0 radical (unpaired) electrons. The lowest BCUT2D eigenvalue weighted by molar-refractivity contribution is 0.0110. The largest absolute Gasteiger partial charge is 0.507 e. The molecular weight excluding hydrogens is 218 g/mol. The molecule has 0 aliphatic heterocycles. The quantitative estimate of drug-likeness (QED) is 0.790. The van der Waals surface area contributed by atoms with Crippen LogP contribution in [0.1, 0.15) is 42.5 Å². The van der Waals surface area contributed by atoms with Gasteiger partial charge in [0, 0.05) is 6.04 Å². The number of carbonyl (C=O) groups excluding carboxylic acids is 1. The van der Waals surface area contributed by atoms with Crippen LogP contribution in [0.25, 0.3) is 0 Å². The first-order valence-corrected chi connectivity index (χ1v) is 6.02. The van der Waals surface area contributed by atoms with Crippen LogP contribution < -0.4 is 5.48 Å². The zero-order chi connectivity index (χ0) is 12.1. The molecule has 1 fully saturated rings. The first-order chi connectivity index (χ1) is 8.27. The SMILES string of the molecule is O=C(ONC1CCCCC1)c1ccccc1O. The Hall–Kier alpha value is -1.55. The summed E-state index contributed by atoms with van der Waals surface area (Å²) >= 11 is 0. The number of para-hydroxylation sites is 1. The number of phenols is 1. The molecule has 0 amide bonds. The zero-order valence-corrected chi connectivity index (χ0v) is 9.69. The molecule has 17 heavy (non-hydrogen) atoms. The van der Waals surface area contributed by atoms with Crippen LogP contribution in [-0.2, 0) is 4.84 Å². The minimum Gasteiger partial charge on any atom is -0.507 e. The highest BCUT2D eigenvalue weighted by Crippen LogP contribution is 2.19. The van der Waals surface area contributed by atoms with Gasteiger partial charge in [-0.2, -0.15) is 0 Å². The van der Waals surface area contributed by atoms with Crippen molar-refractivity contribution in [1.82, 2.24) is 5.48 Å². The van der Waals surface area contributed by atoms with E-state index in [1.165, 1.54) is 25.3 Å². The maximum Gasteiger partial charge on any atom is 0.360 e. The highest BCUT2D eigenvalue weighted by Gasteiger charge is 2.17. The molecule has 0 spiro atoms. The Bertz CT molecular complexity index is 386. The van der Waals surface area contributed by atoms with Crippen LogP contribution in [0.5, 0.6) is 5.75 Å². The van der Waals surface area contributed by atoms with Crippen LogP contribution in [0.3, 0.4) is 0 Å². The summed E-state index contributed by atoms with van der Waals surface area (Å²) in [6, 6.07) is 6.62. The van der Waals surface area contributed by atoms with E-state index in [9.17, 15) is 9.90 Å². The number of benzene rings is 1. The Morgan fingerprint density at radius 2 is 1.94 bits per heavy atom. The fraction of sp³-hybridized carbons (Fsp3) is 0.462. The van der Waals surface area contributed by atoms with E-state index in [2.05, 4.69) is 5.48 Å². The Morgan fingerprint density at radius 1 is 1.24 bits per heavy atom. The molecule has 0 aromatic heterocycles. The molecule has 0 atom stereocenters. The standard InChI is InChI=1S/C13H17NO3/c15-12-9-5-4-8-11(12)13(16)17-14-10-6-2-1-3-7-10/h4-5,8-10,14-15H,1-3,6-7H2. The average Bonchev–Trinajstić information content (AvgIpc) is 2.38. The topological polar surface area (TPSA) is 58.6 Å². The number of rotatable bonds is 3. The van der Waals surface area contributed by atoms with Crippen molar-refractivity contribution < 1.29 is 14.7 Å². The smallest absolute Gasteiger partial charge is 0.360 e. The van der Waals surface area contributed by atoms with Gasteiger partial charge < -0.3 is 9.94 Å². The molecule has 1 aliphatic carbocycles. The number of phenolic OH excluding ortho intramolecular Hbond substituents is 1. The summed E-state index contributed by atoms with van der Waals surface area (Å²) < 4.78 is 0. The predicted octanol–water partition coefficient (Wildman–Crippen LogP) is 2.39. The third-order valence-electron chi connectivity index (χ3n) is 3.05. The van der Waals surface area contributed by atoms with E-state index < -0.39 is 5.97 Å². The molecule has 2 rings (SSSR count). The molecule has 4 nitrogen and oxygen atoms in total. The lowest BCUT2D eigenvalue weighted by Gasteiger charge is -2.21. The summed E-state index contributed by atoms with van der Waals surface area (Å²) in [4.78, 5) is 16.7. The van der Waals surface area contributed by atoms with Gasteiger partial charge in [-0.05, 0) is 25.0 Å². The number of carbonyl (C=O) groups is 1. The van der Waals surface area contributed by atoms with Gasteiger partial charge in [-0.15, -0.1) is 5.48 Å². The van der Waals surface area contributed by atoms with Crippen molar-refractivity contribution in [2.24, 2.45) is 0 Å². The second-order valence-corrected chi connectivity index (χ2v) is 4.36. The summed E-state index contributed by atoms with van der Waals surface area (Å²) in [5.74, 6) is -0.586. The number of nitrogens with one attached hydrogen (secondary N) is 1. The highest BCUT2D eigenvalue weighted by molar-refractivity contribution is 5.92. The van der Waals surface area contributed by atoms with Crippen molar-refractivity contribution in [2.75, 3.05) is 0 Å². The monoisotopic (exact) mass is 235 g/mol. The summed E-state index contributed by atoms with van der Waals surface area (Å²) in [6.07, 6.45) is 5.67. The van der Waals surface area contributed by atoms with Gasteiger partial charge in [0.1, 0.15) is 11.3 Å². The predicted molar refractivity (Wildman–Crippen MR) is 63.5 cm³/mol. The van der Waals surface area contributed by atoms with Gasteiger partial charge in [0.2, 0.25) is 0 Å². The van der Waals surface area contributed by atoms with Gasteiger partial charge in [0.25, 0.3) is 0 Å². The Balaban J connectivity index is 1.87. The third-order valence-corrected chi connectivity index (χ3v) is 3.05. The zero-order valence-electron chi connectivity index (χ0n) is 9.69. The van der Waals surface area contributed by atoms with Gasteiger partial charge in [0.05, 0.1) is 0 Å². The minimum absolute atomic E-state index is 0.0528. The molecule has 92 valence electrons. The van der Waals surface area contributed by atoms with Crippen molar-refractivity contribution in [1.29, 1.82) is 0 Å². The first kappa shape index (κ1) is 11.9. The highest BCUT2D eigenvalue weighted by atomic mass is 16.7. The van der Waals surface area contributed by atoms with E-state index in [-0.39, 0.29) is 17.4 Å². The summed E-state index contributed by atoms with van der Waals surface area (Å²) in [5, 5.41) is 9.49. The molecule has 4 heteroatoms. The molecule has 1 aromatic carbocycles. The van der Waals surface area contributed by atoms with Crippen LogP contribution in [-0.4, -0.2) is 17.1 Å². The first-order valence-electron chi connectivity index (χ1n) is 6.02. The van der Waals surface area contributed by atoms with Crippen LogP contribution in [0.15, 0.2) is 24.3 Å². The van der Waals surface area contributed by atoms with Gasteiger partial charge in [-0.1, -0.05) is 31.4 Å². The molecule has 0 saturated heterocycles. The summed E-state index contributed by atoms with van der Waals surface area (Å²) in [6.45, 7) is 0. The maximum absolute atomic E-state index is 11.7. The van der Waals surface area contributed by atoms with Crippen molar-refractivity contribution in [3.63, 3.8) is 0 Å². The Labute approximate surface area is 101 Å². The molecule has 1 aromatic rings. The van der Waals surface area contributed by atoms with Gasteiger partial charge in [-0.25, -0.2) is 4.79 Å². The Morgan fingerprint density at radius 3 is 2.65 bits per heavy atom. The van der Waals surface area contributed by atoms with Gasteiger partial charge in [0.15, 0.2) is 0 Å². The number of aromatic hydroxyl groups is 1. The van der Waals surface area contributed by atoms with Crippen molar-refractivity contribution in [3.8, 4) is 5.75 Å². The molecule has 2 N–H and O–H groups in total. The lowest BCUT2D eigenvalue weighted by atomic mass is 9.96. The van der Waals surface area contributed by atoms with Gasteiger partial charge >= 0.3 is 5.97 Å². The van der Waals surface area contributed by atoms with E-state index in [4.69, 9.17) is 4.84 Å². The molecule has 0 heterocycles. The second-order valence-electron chi connectivity index (χ2n) is 4.36. The minimum atomic E-state index is -0.534. The molecule has 0 bridgehead atoms. The van der Waals surface area contributed by atoms with E-state index in [1.54, 1.807) is 18.2 Å². The molecule has 1 saturated carbocycles. The lowest BCUT2D eigenvalue weighted by Crippen LogP contribution is -2.33. The summed E-state index contributed by atoms with van der Waals surface area (Å²) in [5.41, 5.74) is 2.98. The van der Waals surface area contributed by atoms with Crippen LogP contribution in [0.2, 0.25) is 0 Å². The second kappa shape index (κ2) is 5.68. The van der Waals surface area contributed by atoms with E-state index in [0.29, 0.717) is 0 Å². The normalized spacial score (nSPS) is 16.7. The van der Waals surface area contributed by atoms with Crippen LogP contribution in [0, 0.1) is 0 Å². The third kappa shape index (κ3) is 3.20. The number of hydrogen-bond acceptors (Lipinski definition) is 4. The van der Waals surface area contributed by atoms with Gasteiger partial charge in [-0.3, -0.25) is 0 Å². The van der Waals surface area contributed by atoms with Crippen molar-refractivity contribution in [2.45, 2.75) is 38.1 Å². The summed E-state index contributed by atoms with van der Waals surface area (Å²) in [7, 11) is 0. The fourth-order valence-corrected chi connectivity index (χ4v) is 2.06. The van der Waals surface area contributed by atoms with E-state index in [0.717, 1.165) is 12.8 Å². The van der Waals surface area contributed by atoms with Crippen molar-refractivity contribution in [3.05, 3.63) is 29.8 Å². The van der Waals surface area contributed by atoms with E-state index >= 15 is 0 Å². The number of hydrogen-bond donors (Lipinski definition) is 2. The maximum atomic E-state index is 11.7. The van der Waals surface area contributed by atoms with Crippen LogP contribution >= 0.6 is 0 Å².